The molecule has 170 valence electrons. The van der Waals surface area contributed by atoms with Crippen molar-refractivity contribution in [3.8, 4) is 0 Å². The fraction of sp³-hybridized carbons (Fsp3) is 0.440. The molecule has 1 unspecified atom stereocenters. The lowest BCUT2D eigenvalue weighted by Gasteiger charge is -2.26. The number of nitrogens with zero attached hydrogens (tertiary/aromatic N) is 2. The molecule has 32 heavy (non-hydrogen) atoms. The summed E-state index contributed by atoms with van der Waals surface area (Å²) in [6, 6.07) is 15.3. The van der Waals surface area contributed by atoms with Crippen LogP contribution in [0.15, 0.2) is 48.5 Å². The Morgan fingerprint density at radius 2 is 1.75 bits per heavy atom. The van der Waals surface area contributed by atoms with Crippen molar-refractivity contribution in [3.63, 3.8) is 0 Å². The van der Waals surface area contributed by atoms with Crippen LogP contribution in [0.5, 0.6) is 0 Å². The third kappa shape index (κ3) is 6.06. The molecule has 0 aliphatic carbocycles. The summed E-state index contributed by atoms with van der Waals surface area (Å²) in [4.78, 5) is 29.4. The van der Waals surface area contributed by atoms with Crippen molar-refractivity contribution in [1.29, 1.82) is 0 Å². The van der Waals surface area contributed by atoms with Gasteiger partial charge in [0, 0.05) is 23.7 Å². The molecule has 1 N–H and O–H groups in total. The highest BCUT2D eigenvalue weighted by Gasteiger charge is 2.32. The number of piperidine rings is 1. The first kappa shape index (κ1) is 23.1. The van der Waals surface area contributed by atoms with Gasteiger partial charge in [-0.3, -0.25) is 9.59 Å². The zero-order chi connectivity index (χ0) is 22.3. The number of carbonyl (C=O) groups is 2. The second-order valence-corrected chi connectivity index (χ2v) is 9.95. The molecule has 0 aromatic heterocycles. The maximum absolute atomic E-state index is 12.5. The largest absolute Gasteiger partial charge is 0.352 e. The van der Waals surface area contributed by atoms with E-state index in [4.69, 9.17) is 11.6 Å². The zero-order valence-electron chi connectivity index (χ0n) is 18.3. The van der Waals surface area contributed by atoms with Crippen LogP contribution in [0.25, 0.3) is 0 Å². The number of likely N-dealkylation sites (tertiary alicyclic amines) is 1. The maximum Gasteiger partial charge on any atom is 0.251 e. The molecule has 2 heterocycles. The molecule has 2 aliphatic heterocycles. The molecule has 0 radical (unpaired) electrons. The van der Waals surface area contributed by atoms with E-state index < -0.39 is 0 Å². The summed E-state index contributed by atoms with van der Waals surface area (Å²) in [5, 5.41) is 3.68. The minimum atomic E-state index is -0.0418. The number of hydrogen-bond acceptors (Lipinski definition) is 4. The van der Waals surface area contributed by atoms with Gasteiger partial charge in [0.1, 0.15) is 5.37 Å². The van der Waals surface area contributed by atoms with E-state index in [1.54, 1.807) is 11.8 Å². The minimum absolute atomic E-state index is 0.0386. The molecule has 2 aromatic rings. The van der Waals surface area contributed by atoms with Crippen LogP contribution in [0, 0.1) is 0 Å². The summed E-state index contributed by atoms with van der Waals surface area (Å²) < 4.78 is 0. The molecule has 4 rings (SSSR count). The van der Waals surface area contributed by atoms with Crippen LogP contribution in [-0.2, 0) is 11.3 Å². The van der Waals surface area contributed by atoms with Gasteiger partial charge in [0.15, 0.2) is 0 Å². The van der Waals surface area contributed by atoms with Crippen molar-refractivity contribution >= 4 is 35.2 Å². The van der Waals surface area contributed by atoms with Crippen LogP contribution < -0.4 is 5.32 Å². The van der Waals surface area contributed by atoms with Crippen LogP contribution in [0.4, 0.5) is 0 Å². The summed E-state index contributed by atoms with van der Waals surface area (Å²) in [7, 11) is 0. The first-order valence-electron chi connectivity index (χ1n) is 11.4. The number of benzene rings is 2. The highest BCUT2D eigenvalue weighted by atomic mass is 35.5. The maximum atomic E-state index is 12.5. The Morgan fingerprint density at radius 1 is 1.03 bits per heavy atom. The highest BCUT2D eigenvalue weighted by molar-refractivity contribution is 8.00. The Morgan fingerprint density at radius 3 is 2.47 bits per heavy atom. The molecule has 2 aliphatic rings. The summed E-state index contributed by atoms with van der Waals surface area (Å²) >= 11 is 7.60. The van der Waals surface area contributed by atoms with Crippen molar-refractivity contribution < 1.29 is 9.59 Å². The summed E-state index contributed by atoms with van der Waals surface area (Å²) in [5.41, 5.74) is 2.75. The summed E-state index contributed by atoms with van der Waals surface area (Å²) in [6.45, 7) is 4.67. The second kappa shape index (κ2) is 11.2. The van der Waals surface area contributed by atoms with E-state index in [1.807, 2.05) is 53.4 Å². The molecule has 2 amide bonds. The van der Waals surface area contributed by atoms with Crippen LogP contribution in [-0.4, -0.2) is 53.5 Å². The standard InChI is InChI=1S/C25H30ClN3O2S/c26-22-11-5-19(6-12-22)17-29-23(30)18-32-25(29)21-9-7-20(8-10-21)24(31)27-13-4-16-28-14-2-1-3-15-28/h5-12,25H,1-4,13-18H2,(H,27,31). The lowest BCUT2D eigenvalue weighted by molar-refractivity contribution is -0.128. The van der Waals surface area contributed by atoms with Gasteiger partial charge in [-0.2, -0.15) is 0 Å². The molecule has 0 spiro atoms. The van der Waals surface area contributed by atoms with E-state index in [1.165, 1.54) is 32.4 Å². The Hall–Kier alpha value is -2.02. The van der Waals surface area contributed by atoms with E-state index in [0.717, 1.165) is 24.1 Å². The number of hydrogen-bond donors (Lipinski definition) is 1. The van der Waals surface area contributed by atoms with E-state index in [0.29, 0.717) is 29.4 Å². The Labute approximate surface area is 199 Å². The van der Waals surface area contributed by atoms with Crippen molar-refractivity contribution in [3.05, 3.63) is 70.2 Å². The molecular weight excluding hydrogens is 442 g/mol. The zero-order valence-corrected chi connectivity index (χ0v) is 19.8. The molecule has 7 heteroatoms. The van der Waals surface area contributed by atoms with E-state index >= 15 is 0 Å². The van der Waals surface area contributed by atoms with Crippen LogP contribution in [0.3, 0.4) is 0 Å². The molecule has 1 atom stereocenters. The van der Waals surface area contributed by atoms with Gasteiger partial charge in [0.05, 0.1) is 5.75 Å². The Kier molecular flexibility index (Phi) is 8.11. The second-order valence-electron chi connectivity index (χ2n) is 8.45. The van der Waals surface area contributed by atoms with Crippen molar-refractivity contribution in [2.24, 2.45) is 0 Å². The lowest BCUT2D eigenvalue weighted by atomic mass is 10.1. The number of rotatable bonds is 8. The molecule has 0 saturated carbocycles. The van der Waals surface area contributed by atoms with Crippen LogP contribution >= 0.6 is 23.4 Å². The number of halogens is 1. The Balaban J connectivity index is 1.30. The number of nitrogens with one attached hydrogen (secondary N) is 1. The quantitative estimate of drug-likeness (QED) is 0.566. The third-order valence-electron chi connectivity index (χ3n) is 6.08. The van der Waals surface area contributed by atoms with E-state index in [-0.39, 0.29) is 17.2 Å². The fourth-order valence-electron chi connectivity index (χ4n) is 4.28. The predicted molar refractivity (Wildman–Crippen MR) is 131 cm³/mol. The van der Waals surface area contributed by atoms with Gasteiger partial charge < -0.3 is 15.1 Å². The normalized spacial score (nSPS) is 19.3. The van der Waals surface area contributed by atoms with Gasteiger partial charge in [0.2, 0.25) is 5.91 Å². The molecule has 5 nitrogen and oxygen atoms in total. The number of carbonyl (C=O) groups excluding carboxylic acids is 2. The highest BCUT2D eigenvalue weighted by Crippen LogP contribution is 2.39. The predicted octanol–water partition coefficient (Wildman–Crippen LogP) is 4.72. The number of amides is 2. The average Bonchev–Trinajstić information content (AvgIpc) is 3.19. The first-order valence-corrected chi connectivity index (χ1v) is 12.8. The van der Waals surface area contributed by atoms with Gasteiger partial charge >= 0.3 is 0 Å². The fourth-order valence-corrected chi connectivity index (χ4v) is 5.59. The monoisotopic (exact) mass is 471 g/mol. The SMILES string of the molecule is O=C(NCCCN1CCCCC1)c1ccc(C2SCC(=O)N2Cc2ccc(Cl)cc2)cc1. The van der Waals surface area contributed by atoms with E-state index in [9.17, 15) is 9.59 Å². The van der Waals surface area contributed by atoms with Crippen LogP contribution in [0.2, 0.25) is 5.02 Å². The molecule has 2 fully saturated rings. The van der Waals surface area contributed by atoms with Crippen LogP contribution in [0.1, 0.15) is 52.5 Å². The molecule has 2 aromatic carbocycles. The minimum Gasteiger partial charge on any atom is -0.352 e. The molecule has 2 saturated heterocycles. The van der Waals surface area contributed by atoms with Gasteiger partial charge in [-0.1, -0.05) is 42.3 Å². The lowest BCUT2D eigenvalue weighted by Crippen LogP contribution is -2.33. The van der Waals surface area contributed by atoms with Gasteiger partial charge in [-0.15, -0.1) is 11.8 Å². The Bertz CT molecular complexity index is 914. The molecular formula is C25H30ClN3O2S. The van der Waals surface area contributed by atoms with Gasteiger partial charge in [-0.05, 0) is 74.3 Å². The van der Waals surface area contributed by atoms with Crippen molar-refractivity contribution in [2.75, 3.05) is 31.9 Å². The molecule has 0 bridgehead atoms. The number of thioether (sulfide) groups is 1. The van der Waals surface area contributed by atoms with Crippen molar-refractivity contribution in [1.82, 2.24) is 15.1 Å². The van der Waals surface area contributed by atoms with Crippen molar-refractivity contribution in [2.45, 2.75) is 37.6 Å². The smallest absolute Gasteiger partial charge is 0.251 e. The summed E-state index contributed by atoms with van der Waals surface area (Å²) in [5.74, 6) is 0.561. The topological polar surface area (TPSA) is 52.7 Å². The van der Waals surface area contributed by atoms with Gasteiger partial charge in [0.25, 0.3) is 5.91 Å². The summed E-state index contributed by atoms with van der Waals surface area (Å²) in [6.07, 6.45) is 4.90. The van der Waals surface area contributed by atoms with E-state index in [2.05, 4.69) is 10.2 Å². The average molecular weight is 472 g/mol. The first-order chi connectivity index (χ1) is 15.6. The third-order valence-corrected chi connectivity index (χ3v) is 7.59. The van der Waals surface area contributed by atoms with Gasteiger partial charge in [-0.25, -0.2) is 0 Å².